The number of benzene rings is 2. The molecule has 0 radical (unpaired) electrons. The van der Waals surface area contributed by atoms with Crippen LogP contribution < -0.4 is 5.32 Å². The van der Waals surface area contributed by atoms with Crippen molar-refractivity contribution in [3.8, 4) is 0 Å². The third kappa shape index (κ3) is 4.44. The molecule has 156 valence electrons. The molecule has 1 unspecified atom stereocenters. The summed E-state index contributed by atoms with van der Waals surface area (Å²) < 4.78 is 2.04. The predicted molar refractivity (Wildman–Crippen MR) is 120 cm³/mol. The first-order valence-corrected chi connectivity index (χ1v) is 10.1. The van der Waals surface area contributed by atoms with E-state index in [9.17, 15) is 9.59 Å². The minimum absolute atomic E-state index is 0.0351. The Morgan fingerprint density at radius 1 is 1.10 bits per heavy atom. The summed E-state index contributed by atoms with van der Waals surface area (Å²) in [6, 6.07) is 18.0. The monoisotopic (exact) mass is 433 g/mol. The number of fused-ring (bicyclic) bond motifs is 1. The molecular weight excluding hydrogens is 414 g/mol. The fourth-order valence-electron chi connectivity index (χ4n) is 3.51. The van der Waals surface area contributed by atoms with Crippen molar-refractivity contribution in [1.29, 1.82) is 0 Å². The van der Waals surface area contributed by atoms with Crippen molar-refractivity contribution in [3.63, 3.8) is 0 Å². The molecule has 0 aliphatic carbocycles. The quantitative estimate of drug-likeness (QED) is 0.451. The summed E-state index contributed by atoms with van der Waals surface area (Å²) in [5.74, 6) is -1.30. The van der Waals surface area contributed by atoms with Crippen molar-refractivity contribution in [3.05, 3.63) is 100 Å². The number of carboxylic acid groups (broad SMARTS) is 1. The average molecular weight is 434 g/mol. The van der Waals surface area contributed by atoms with Gasteiger partial charge in [0.15, 0.2) is 0 Å². The van der Waals surface area contributed by atoms with Gasteiger partial charge in [-0.1, -0.05) is 41.9 Å². The second kappa shape index (κ2) is 8.62. The summed E-state index contributed by atoms with van der Waals surface area (Å²) >= 11 is 5.99. The van der Waals surface area contributed by atoms with Crippen LogP contribution in [0.1, 0.15) is 44.9 Å². The van der Waals surface area contributed by atoms with Crippen LogP contribution in [0.4, 0.5) is 0 Å². The summed E-state index contributed by atoms with van der Waals surface area (Å²) in [6.45, 7) is 2.45. The number of nitrogens with zero attached hydrogens (tertiary/aromatic N) is 2. The second-order valence-electron chi connectivity index (χ2n) is 7.29. The Labute approximate surface area is 184 Å². The number of hydrogen-bond donors (Lipinski definition) is 2. The van der Waals surface area contributed by atoms with E-state index in [1.54, 1.807) is 12.1 Å². The number of carbonyl (C=O) groups is 2. The van der Waals surface area contributed by atoms with Gasteiger partial charge in [0.2, 0.25) is 0 Å². The van der Waals surface area contributed by atoms with Gasteiger partial charge in [-0.15, -0.1) is 0 Å². The van der Waals surface area contributed by atoms with Gasteiger partial charge in [0.05, 0.1) is 17.1 Å². The molecule has 4 rings (SSSR count). The molecule has 31 heavy (non-hydrogen) atoms. The van der Waals surface area contributed by atoms with Crippen LogP contribution in [0.5, 0.6) is 0 Å². The van der Waals surface area contributed by atoms with Gasteiger partial charge in [-0.3, -0.25) is 4.79 Å². The highest BCUT2D eigenvalue weighted by Crippen LogP contribution is 2.23. The molecule has 2 aromatic carbocycles. The Balaban J connectivity index is 1.59. The van der Waals surface area contributed by atoms with E-state index < -0.39 is 5.97 Å². The third-order valence-corrected chi connectivity index (χ3v) is 5.40. The molecule has 0 saturated carbocycles. The molecule has 0 fully saturated rings. The molecule has 0 saturated heterocycles. The lowest BCUT2D eigenvalue weighted by Crippen LogP contribution is -2.27. The van der Waals surface area contributed by atoms with Crippen LogP contribution in [0.25, 0.3) is 10.9 Å². The van der Waals surface area contributed by atoms with Crippen LogP contribution in [0.3, 0.4) is 0 Å². The molecule has 4 aromatic rings. The molecule has 0 spiro atoms. The van der Waals surface area contributed by atoms with Crippen LogP contribution in [-0.4, -0.2) is 26.5 Å². The predicted octanol–water partition coefficient (Wildman–Crippen LogP) is 4.93. The molecule has 2 aromatic heterocycles. The first-order chi connectivity index (χ1) is 14.9. The Bertz CT molecular complexity index is 1250. The maximum absolute atomic E-state index is 13.1. The summed E-state index contributed by atoms with van der Waals surface area (Å²) in [5, 5.41) is 13.6. The van der Waals surface area contributed by atoms with E-state index in [0.717, 1.165) is 22.0 Å². The van der Waals surface area contributed by atoms with Gasteiger partial charge in [0.25, 0.3) is 5.91 Å². The molecule has 0 bridgehead atoms. The molecule has 0 aliphatic rings. The van der Waals surface area contributed by atoms with Gasteiger partial charge < -0.3 is 15.0 Å². The molecule has 7 heteroatoms. The lowest BCUT2D eigenvalue weighted by atomic mass is 10.1. The van der Waals surface area contributed by atoms with Crippen molar-refractivity contribution < 1.29 is 14.7 Å². The van der Waals surface area contributed by atoms with Crippen molar-refractivity contribution in [2.45, 2.75) is 19.5 Å². The Morgan fingerprint density at radius 3 is 2.55 bits per heavy atom. The molecule has 2 N–H and O–H groups in total. The zero-order valence-corrected chi connectivity index (χ0v) is 17.5. The van der Waals surface area contributed by atoms with Gasteiger partial charge in [-0.25, -0.2) is 9.78 Å². The van der Waals surface area contributed by atoms with Gasteiger partial charge in [-0.2, -0.15) is 0 Å². The minimum Gasteiger partial charge on any atom is -0.477 e. The number of para-hydroxylation sites is 1. The lowest BCUT2D eigenvalue weighted by molar-refractivity contribution is 0.0690. The molecule has 2 heterocycles. The van der Waals surface area contributed by atoms with Crippen LogP contribution in [0.2, 0.25) is 5.02 Å². The van der Waals surface area contributed by atoms with E-state index in [0.29, 0.717) is 17.1 Å². The number of pyridine rings is 1. The summed E-state index contributed by atoms with van der Waals surface area (Å²) in [5.41, 5.74) is 3.18. The number of carboxylic acids is 1. The first kappa shape index (κ1) is 20.6. The lowest BCUT2D eigenvalue weighted by Gasteiger charge is -2.16. The van der Waals surface area contributed by atoms with Crippen LogP contribution >= 0.6 is 11.6 Å². The summed E-state index contributed by atoms with van der Waals surface area (Å²) in [6.07, 6.45) is 3.44. The molecule has 1 atom stereocenters. The summed E-state index contributed by atoms with van der Waals surface area (Å²) in [4.78, 5) is 28.0. The Kier molecular flexibility index (Phi) is 5.73. The number of hydrogen-bond acceptors (Lipinski definition) is 3. The Hall–Kier alpha value is -3.64. The highest BCUT2D eigenvalue weighted by Gasteiger charge is 2.17. The maximum Gasteiger partial charge on any atom is 0.354 e. The maximum atomic E-state index is 13.1. The first-order valence-electron chi connectivity index (χ1n) is 9.75. The van der Waals surface area contributed by atoms with Crippen molar-refractivity contribution in [2.24, 2.45) is 0 Å². The van der Waals surface area contributed by atoms with Gasteiger partial charge in [-0.05, 0) is 48.4 Å². The van der Waals surface area contributed by atoms with Gasteiger partial charge in [0, 0.05) is 29.3 Å². The Morgan fingerprint density at radius 2 is 1.87 bits per heavy atom. The van der Waals surface area contributed by atoms with E-state index >= 15 is 0 Å². The smallest absolute Gasteiger partial charge is 0.354 e. The molecular formula is C24H20ClN3O3. The molecule has 0 aliphatic heterocycles. The number of rotatable bonds is 6. The number of aromatic nitrogens is 2. The normalized spacial score (nSPS) is 11.9. The zero-order valence-electron chi connectivity index (χ0n) is 16.7. The molecule has 6 nitrogen and oxygen atoms in total. The van der Waals surface area contributed by atoms with Crippen LogP contribution in [0, 0.1) is 0 Å². The number of aromatic carboxylic acids is 1. The number of carbonyl (C=O) groups excluding carboxylic acids is 1. The summed E-state index contributed by atoms with van der Waals surface area (Å²) in [7, 11) is 0. The minimum atomic E-state index is -1.09. The highest BCUT2D eigenvalue weighted by molar-refractivity contribution is 6.30. The largest absolute Gasteiger partial charge is 0.477 e. The fraction of sp³-hybridized carbons (Fsp3) is 0.125. The highest BCUT2D eigenvalue weighted by atomic mass is 35.5. The number of amides is 1. The second-order valence-corrected chi connectivity index (χ2v) is 7.73. The van der Waals surface area contributed by atoms with Crippen molar-refractivity contribution in [2.75, 3.05) is 0 Å². The van der Waals surface area contributed by atoms with E-state index in [2.05, 4.69) is 10.3 Å². The average Bonchev–Trinajstić information content (AvgIpc) is 3.18. The van der Waals surface area contributed by atoms with Crippen molar-refractivity contribution >= 4 is 34.4 Å². The SMILES string of the molecule is CC(NC(=O)c1cccc2ccn(Cc3ccc(Cl)cc3)c12)c1ccc(C(=O)O)nc1. The fourth-order valence-corrected chi connectivity index (χ4v) is 3.63. The van der Waals surface area contributed by atoms with Crippen LogP contribution in [0.15, 0.2) is 73.1 Å². The topological polar surface area (TPSA) is 84.2 Å². The van der Waals surface area contributed by atoms with E-state index in [1.807, 2.05) is 60.2 Å². The van der Waals surface area contributed by atoms with E-state index in [4.69, 9.17) is 16.7 Å². The molecule has 1 amide bonds. The van der Waals surface area contributed by atoms with Gasteiger partial charge >= 0.3 is 5.97 Å². The number of nitrogens with one attached hydrogen (secondary N) is 1. The zero-order chi connectivity index (χ0) is 22.0. The van der Waals surface area contributed by atoms with Gasteiger partial charge in [0.1, 0.15) is 5.69 Å². The standard InChI is InChI=1S/C24H20ClN3O3/c1-15(18-7-10-21(24(30)31)26-13-18)27-23(29)20-4-2-3-17-11-12-28(22(17)20)14-16-5-8-19(25)9-6-16/h2-13,15H,14H2,1H3,(H,27,29)(H,30,31). The third-order valence-electron chi connectivity index (χ3n) is 5.15. The van der Waals surface area contributed by atoms with Crippen molar-refractivity contribution in [1.82, 2.24) is 14.9 Å². The van der Waals surface area contributed by atoms with E-state index in [1.165, 1.54) is 12.3 Å². The van der Waals surface area contributed by atoms with E-state index in [-0.39, 0.29) is 17.6 Å². The number of halogens is 1. The van der Waals surface area contributed by atoms with Crippen LogP contribution in [-0.2, 0) is 6.54 Å².